The Labute approximate surface area is 126 Å². The number of nitro groups is 1. The molecule has 21 heavy (non-hydrogen) atoms. The first-order valence-corrected chi connectivity index (χ1v) is 7.53. The van der Waals surface area contributed by atoms with Gasteiger partial charge in [0.1, 0.15) is 11.4 Å². The number of aliphatic hydroxyl groups excluding tert-OH is 1. The molecule has 0 bridgehead atoms. The van der Waals surface area contributed by atoms with Crippen LogP contribution >= 0.6 is 11.3 Å². The van der Waals surface area contributed by atoms with E-state index in [0.717, 1.165) is 5.56 Å². The first-order valence-electron chi connectivity index (χ1n) is 6.58. The Morgan fingerprint density at radius 2 is 2.05 bits per heavy atom. The summed E-state index contributed by atoms with van der Waals surface area (Å²) in [6.45, 7) is 2.69. The maximum Gasteiger partial charge on any atom is 0.315 e. The van der Waals surface area contributed by atoms with Crippen LogP contribution in [-0.4, -0.2) is 23.1 Å². The van der Waals surface area contributed by atoms with E-state index in [2.05, 4.69) is 10.6 Å². The Morgan fingerprint density at radius 1 is 1.33 bits per heavy atom. The zero-order chi connectivity index (χ0) is 15.2. The fourth-order valence-electron chi connectivity index (χ4n) is 2.01. The van der Waals surface area contributed by atoms with Gasteiger partial charge in [-0.25, -0.2) is 0 Å². The van der Waals surface area contributed by atoms with Crippen molar-refractivity contribution in [3.63, 3.8) is 0 Å². The van der Waals surface area contributed by atoms with Crippen molar-refractivity contribution in [3.05, 3.63) is 50.7 Å². The second-order valence-electron chi connectivity index (χ2n) is 4.44. The number of aliphatic hydroxyl groups is 1. The van der Waals surface area contributed by atoms with Gasteiger partial charge >= 0.3 is 5.69 Å². The van der Waals surface area contributed by atoms with Crippen LogP contribution in [0, 0.1) is 10.1 Å². The molecule has 7 heteroatoms. The number of para-hydroxylation sites is 1. The van der Waals surface area contributed by atoms with E-state index in [9.17, 15) is 15.2 Å². The van der Waals surface area contributed by atoms with Gasteiger partial charge in [0, 0.05) is 13.1 Å². The third-order valence-corrected chi connectivity index (χ3v) is 3.70. The molecule has 2 rings (SSSR count). The van der Waals surface area contributed by atoms with E-state index in [-0.39, 0.29) is 12.2 Å². The summed E-state index contributed by atoms with van der Waals surface area (Å²) in [6.07, 6.45) is -0.696. The highest BCUT2D eigenvalue weighted by atomic mass is 32.1. The van der Waals surface area contributed by atoms with Crippen molar-refractivity contribution < 1.29 is 10.0 Å². The van der Waals surface area contributed by atoms with Crippen LogP contribution in [0.2, 0.25) is 0 Å². The number of hydrogen-bond acceptors (Lipinski definition) is 6. The number of nitrogens with one attached hydrogen (secondary N) is 2. The summed E-state index contributed by atoms with van der Waals surface area (Å²) in [6, 6.07) is 6.88. The molecule has 0 aliphatic heterocycles. The number of anilines is 2. The van der Waals surface area contributed by atoms with Crippen molar-refractivity contribution in [2.24, 2.45) is 0 Å². The monoisotopic (exact) mass is 307 g/mol. The Balaban J connectivity index is 2.15. The second-order valence-corrected chi connectivity index (χ2v) is 5.22. The Kier molecular flexibility index (Phi) is 5.13. The molecule has 0 saturated heterocycles. The smallest absolute Gasteiger partial charge is 0.315 e. The summed E-state index contributed by atoms with van der Waals surface area (Å²) in [5.41, 5.74) is 1.67. The van der Waals surface area contributed by atoms with Crippen molar-refractivity contribution in [1.82, 2.24) is 0 Å². The molecule has 0 aliphatic rings. The van der Waals surface area contributed by atoms with Crippen molar-refractivity contribution in [2.75, 3.05) is 23.7 Å². The van der Waals surface area contributed by atoms with Crippen molar-refractivity contribution in [3.8, 4) is 0 Å². The maximum atomic E-state index is 11.3. The summed E-state index contributed by atoms with van der Waals surface area (Å²) < 4.78 is 0. The van der Waals surface area contributed by atoms with Gasteiger partial charge in [0.05, 0.1) is 11.0 Å². The van der Waals surface area contributed by atoms with Crippen LogP contribution in [0.1, 0.15) is 18.6 Å². The average molecular weight is 307 g/mol. The van der Waals surface area contributed by atoms with Crippen LogP contribution in [0.5, 0.6) is 0 Å². The molecular weight excluding hydrogens is 290 g/mol. The molecule has 0 aliphatic carbocycles. The van der Waals surface area contributed by atoms with Gasteiger partial charge in [-0.05, 0) is 41.4 Å². The molecule has 2 aromatic rings. The fourth-order valence-corrected chi connectivity index (χ4v) is 2.71. The van der Waals surface area contributed by atoms with E-state index in [4.69, 9.17) is 0 Å². The van der Waals surface area contributed by atoms with E-state index in [1.807, 2.05) is 23.8 Å². The number of rotatable bonds is 7. The lowest BCUT2D eigenvalue weighted by molar-refractivity contribution is -0.383. The van der Waals surface area contributed by atoms with Gasteiger partial charge in [-0.1, -0.05) is 6.07 Å². The van der Waals surface area contributed by atoms with E-state index in [0.29, 0.717) is 17.9 Å². The highest BCUT2D eigenvalue weighted by Gasteiger charge is 2.20. The molecule has 1 heterocycles. The van der Waals surface area contributed by atoms with E-state index < -0.39 is 11.0 Å². The quantitative estimate of drug-likeness (QED) is 0.540. The zero-order valence-corrected chi connectivity index (χ0v) is 12.4. The molecule has 0 amide bonds. The third-order valence-electron chi connectivity index (χ3n) is 3.00. The highest BCUT2D eigenvalue weighted by molar-refractivity contribution is 7.07. The molecule has 1 atom stereocenters. The number of hydrogen-bond donors (Lipinski definition) is 3. The number of nitro benzene ring substituents is 1. The summed E-state index contributed by atoms with van der Waals surface area (Å²) in [5, 5.41) is 31.0. The molecular formula is C14H17N3O3S. The molecule has 0 radical (unpaired) electrons. The number of thiophene rings is 1. The standard InChI is InChI=1S/C14H17N3O3S/c1-2-15-11-4-3-5-12(14(11)17(19)20)16-8-13(18)10-6-7-21-9-10/h3-7,9,13,15-16,18H,2,8H2,1H3. The topological polar surface area (TPSA) is 87.4 Å². The van der Waals surface area contributed by atoms with Gasteiger partial charge in [-0.3, -0.25) is 10.1 Å². The largest absolute Gasteiger partial charge is 0.387 e. The first kappa shape index (κ1) is 15.3. The lowest BCUT2D eigenvalue weighted by Gasteiger charge is -2.13. The van der Waals surface area contributed by atoms with E-state index >= 15 is 0 Å². The highest BCUT2D eigenvalue weighted by Crippen LogP contribution is 2.33. The third kappa shape index (κ3) is 3.71. The minimum atomic E-state index is -0.696. The van der Waals surface area contributed by atoms with Crippen molar-refractivity contribution >= 4 is 28.4 Å². The Hall–Kier alpha value is -2.12. The van der Waals surface area contributed by atoms with Gasteiger partial charge in [-0.2, -0.15) is 11.3 Å². The normalized spacial score (nSPS) is 11.9. The molecule has 1 unspecified atom stereocenters. The molecule has 1 aromatic heterocycles. The second kappa shape index (κ2) is 7.05. The van der Waals surface area contributed by atoms with Crippen LogP contribution < -0.4 is 10.6 Å². The fraction of sp³-hybridized carbons (Fsp3) is 0.286. The van der Waals surface area contributed by atoms with Crippen LogP contribution in [0.15, 0.2) is 35.0 Å². The Bertz CT molecular complexity index is 602. The maximum absolute atomic E-state index is 11.3. The van der Waals surface area contributed by atoms with Gasteiger partial charge in [-0.15, -0.1) is 0 Å². The SMILES string of the molecule is CCNc1cccc(NCC(O)c2ccsc2)c1[N+](=O)[O-]. The Morgan fingerprint density at radius 3 is 2.62 bits per heavy atom. The predicted molar refractivity (Wildman–Crippen MR) is 85.0 cm³/mol. The van der Waals surface area contributed by atoms with Gasteiger partial charge in [0.25, 0.3) is 0 Å². The van der Waals surface area contributed by atoms with Gasteiger partial charge in [0.2, 0.25) is 0 Å². The number of nitrogens with zero attached hydrogens (tertiary/aromatic N) is 1. The summed E-state index contributed by atoms with van der Waals surface area (Å²) >= 11 is 1.50. The summed E-state index contributed by atoms with van der Waals surface area (Å²) in [5.74, 6) is 0. The zero-order valence-electron chi connectivity index (χ0n) is 11.6. The van der Waals surface area contributed by atoms with Crippen LogP contribution in [0.3, 0.4) is 0 Å². The predicted octanol–water partition coefficient (Wildman–Crippen LogP) is 3.23. The molecule has 6 nitrogen and oxygen atoms in total. The van der Waals surface area contributed by atoms with Crippen molar-refractivity contribution in [1.29, 1.82) is 0 Å². The van der Waals surface area contributed by atoms with Gasteiger partial charge in [0.15, 0.2) is 0 Å². The minimum absolute atomic E-state index is 0.00290. The molecule has 112 valence electrons. The van der Waals surface area contributed by atoms with Crippen LogP contribution in [0.4, 0.5) is 17.1 Å². The molecule has 0 spiro atoms. The summed E-state index contributed by atoms with van der Waals surface area (Å²) in [7, 11) is 0. The lowest BCUT2D eigenvalue weighted by Crippen LogP contribution is -2.13. The number of benzene rings is 1. The average Bonchev–Trinajstić information content (AvgIpc) is 2.99. The van der Waals surface area contributed by atoms with E-state index in [1.54, 1.807) is 18.2 Å². The lowest BCUT2D eigenvalue weighted by atomic mass is 10.2. The van der Waals surface area contributed by atoms with E-state index in [1.165, 1.54) is 11.3 Å². The van der Waals surface area contributed by atoms with Crippen LogP contribution in [0.25, 0.3) is 0 Å². The molecule has 3 N–H and O–H groups in total. The summed E-state index contributed by atoms with van der Waals surface area (Å²) in [4.78, 5) is 10.8. The first-order chi connectivity index (χ1) is 10.1. The molecule has 0 saturated carbocycles. The molecule has 0 fully saturated rings. The minimum Gasteiger partial charge on any atom is -0.387 e. The van der Waals surface area contributed by atoms with Gasteiger partial charge < -0.3 is 15.7 Å². The van der Waals surface area contributed by atoms with Crippen LogP contribution in [-0.2, 0) is 0 Å². The molecule has 1 aromatic carbocycles. The van der Waals surface area contributed by atoms with Crippen molar-refractivity contribution in [2.45, 2.75) is 13.0 Å².